The van der Waals surface area contributed by atoms with E-state index in [1.807, 2.05) is 13.0 Å². The smallest absolute Gasteiger partial charge is 0.359 e. The standard InChI is InChI=1S/C17H16F3N5O2/c1-3-11-6-10(4-5-21-11)12-7-14(27-25-12)9(2)22-16(26)13-8-15(24-23-13)17(18,19)20/h4-9H,3H2,1-2H3,(H,22,26)(H,23,24)/t9-/m0/s1. The molecule has 3 rings (SSSR count). The minimum Gasteiger partial charge on any atom is -0.359 e. The summed E-state index contributed by atoms with van der Waals surface area (Å²) in [7, 11) is 0. The summed E-state index contributed by atoms with van der Waals surface area (Å²) in [6.45, 7) is 3.61. The van der Waals surface area contributed by atoms with E-state index in [-0.39, 0.29) is 5.69 Å². The molecule has 0 saturated heterocycles. The fourth-order valence-electron chi connectivity index (χ4n) is 2.39. The van der Waals surface area contributed by atoms with Crippen LogP contribution in [0.2, 0.25) is 0 Å². The van der Waals surface area contributed by atoms with E-state index in [2.05, 4.69) is 20.6 Å². The van der Waals surface area contributed by atoms with Crippen molar-refractivity contribution < 1.29 is 22.5 Å². The number of aromatic nitrogens is 4. The van der Waals surface area contributed by atoms with Crippen LogP contribution in [0.3, 0.4) is 0 Å². The number of rotatable bonds is 5. The molecule has 0 bridgehead atoms. The van der Waals surface area contributed by atoms with Gasteiger partial charge in [-0.2, -0.15) is 18.3 Å². The molecular weight excluding hydrogens is 363 g/mol. The molecule has 0 unspecified atom stereocenters. The van der Waals surface area contributed by atoms with E-state index in [1.54, 1.807) is 30.4 Å². The van der Waals surface area contributed by atoms with Crippen LogP contribution in [0.15, 0.2) is 35.0 Å². The maximum absolute atomic E-state index is 12.6. The number of nitrogens with one attached hydrogen (secondary N) is 2. The third-order valence-electron chi connectivity index (χ3n) is 3.89. The van der Waals surface area contributed by atoms with Gasteiger partial charge in [0.1, 0.15) is 11.4 Å². The molecule has 10 heteroatoms. The van der Waals surface area contributed by atoms with Gasteiger partial charge in [0.25, 0.3) is 5.91 Å². The second kappa shape index (κ2) is 7.22. The summed E-state index contributed by atoms with van der Waals surface area (Å²) in [6, 6.07) is 5.36. The first kappa shape index (κ1) is 18.6. The predicted molar refractivity (Wildman–Crippen MR) is 88.6 cm³/mol. The van der Waals surface area contributed by atoms with Gasteiger partial charge in [-0.1, -0.05) is 12.1 Å². The molecule has 7 nitrogen and oxygen atoms in total. The molecule has 27 heavy (non-hydrogen) atoms. The van der Waals surface area contributed by atoms with Crippen LogP contribution in [0.5, 0.6) is 0 Å². The average Bonchev–Trinajstić information content (AvgIpc) is 3.31. The Morgan fingerprint density at radius 1 is 1.33 bits per heavy atom. The van der Waals surface area contributed by atoms with Gasteiger partial charge in [-0.15, -0.1) is 0 Å². The molecule has 0 saturated carbocycles. The number of halogens is 3. The Labute approximate surface area is 152 Å². The molecule has 0 fully saturated rings. The number of aromatic amines is 1. The third kappa shape index (κ3) is 4.15. The van der Waals surface area contributed by atoms with Crippen molar-refractivity contribution >= 4 is 5.91 Å². The molecule has 3 aromatic rings. The fourth-order valence-corrected chi connectivity index (χ4v) is 2.39. The number of nitrogens with zero attached hydrogens (tertiary/aromatic N) is 3. The van der Waals surface area contributed by atoms with Gasteiger partial charge in [-0.05, 0) is 25.5 Å². The highest BCUT2D eigenvalue weighted by Crippen LogP contribution is 2.28. The molecule has 3 heterocycles. The number of carbonyl (C=O) groups is 1. The van der Waals surface area contributed by atoms with E-state index in [9.17, 15) is 18.0 Å². The number of hydrogen-bond donors (Lipinski definition) is 2. The normalized spacial score (nSPS) is 12.8. The second-order valence-corrected chi connectivity index (χ2v) is 5.86. The van der Waals surface area contributed by atoms with Crippen LogP contribution in [0.25, 0.3) is 11.3 Å². The van der Waals surface area contributed by atoms with Crippen molar-refractivity contribution in [2.45, 2.75) is 32.5 Å². The SMILES string of the molecule is CCc1cc(-c2cc([C@H](C)NC(=O)c3cc(C(F)(F)F)[nH]n3)on2)ccn1. The summed E-state index contributed by atoms with van der Waals surface area (Å²) in [5.41, 5.74) is 0.833. The van der Waals surface area contributed by atoms with E-state index < -0.39 is 23.8 Å². The minimum absolute atomic E-state index is 0.361. The molecule has 0 aliphatic heterocycles. The summed E-state index contributed by atoms with van der Waals surface area (Å²) in [5, 5.41) is 11.7. The average molecular weight is 379 g/mol. The molecular formula is C17H16F3N5O2. The van der Waals surface area contributed by atoms with Crippen LogP contribution in [-0.4, -0.2) is 26.2 Å². The highest BCUT2D eigenvalue weighted by Gasteiger charge is 2.34. The van der Waals surface area contributed by atoms with Crippen molar-refractivity contribution in [1.29, 1.82) is 0 Å². The quantitative estimate of drug-likeness (QED) is 0.707. The Bertz CT molecular complexity index is 948. The highest BCUT2D eigenvalue weighted by molar-refractivity contribution is 5.92. The zero-order chi connectivity index (χ0) is 19.6. The van der Waals surface area contributed by atoms with Crippen molar-refractivity contribution in [2.75, 3.05) is 0 Å². The Balaban J connectivity index is 1.71. The Morgan fingerprint density at radius 3 is 2.78 bits per heavy atom. The summed E-state index contributed by atoms with van der Waals surface area (Å²) in [4.78, 5) is 16.3. The van der Waals surface area contributed by atoms with Crippen LogP contribution in [0.4, 0.5) is 13.2 Å². The van der Waals surface area contributed by atoms with Crippen molar-refractivity contribution in [1.82, 2.24) is 25.7 Å². The first-order chi connectivity index (χ1) is 12.8. The summed E-state index contributed by atoms with van der Waals surface area (Å²) in [5.74, 6) is -0.399. The number of H-pyrrole nitrogens is 1. The molecule has 2 N–H and O–H groups in total. The lowest BCUT2D eigenvalue weighted by molar-refractivity contribution is -0.141. The van der Waals surface area contributed by atoms with Crippen molar-refractivity contribution in [3.8, 4) is 11.3 Å². The van der Waals surface area contributed by atoms with Gasteiger partial charge in [0.05, 0.1) is 6.04 Å². The van der Waals surface area contributed by atoms with E-state index >= 15 is 0 Å². The van der Waals surface area contributed by atoms with Crippen LogP contribution in [0, 0.1) is 0 Å². The number of alkyl halides is 3. The van der Waals surface area contributed by atoms with Crippen molar-refractivity contribution in [2.24, 2.45) is 0 Å². The Hall–Kier alpha value is -3.17. The highest BCUT2D eigenvalue weighted by atomic mass is 19.4. The Morgan fingerprint density at radius 2 is 2.11 bits per heavy atom. The van der Waals surface area contributed by atoms with Gasteiger partial charge in [0.15, 0.2) is 11.5 Å². The largest absolute Gasteiger partial charge is 0.432 e. The fraction of sp³-hybridized carbons (Fsp3) is 0.294. The van der Waals surface area contributed by atoms with Crippen LogP contribution >= 0.6 is 0 Å². The van der Waals surface area contributed by atoms with E-state index in [4.69, 9.17) is 4.52 Å². The van der Waals surface area contributed by atoms with Gasteiger partial charge in [0.2, 0.25) is 0 Å². The molecule has 1 amide bonds. The van der Waals surface area contributed by atoms with E-state index in [0.29, 0.717) is 17.5 Å². The minimum atomic E-state index is -4.60. The molecule has 0 aliphatic rings. The van der Waals surface area contributed by atoms with Crippen LogP contribution in [0.1, 0.15) is 47.5 Å². The topological polar surface area (TPSA) is 96.7 Å². The molecule has 142 valence electrons. The zero-order valence-corrected chi connectivity index (χ0v) is 14.5. The summed E-state index contributed by atoms with van der Waals surface area (Å²) >= 11 is 0. The third-order valence-corrected chi connectivity index (χ3v) is 3.89. The van der Waals surface area contributed by atoms with E-state index in [0.717, 1.165) is 17.7 Å². The van der Waals surface area contributed by atoms with Gasteiger partial charge in [-0.25, -0.2) is 0 Å². The Kier molecular flexibility index (Phi) is 4.98. The van der Waals surface area contributed by atoms with Crippen LogP contribution in [-0.2, 0) is 12.6 Å². The van der Waals surface area contributed by atoms with Gasteiger partial charge in [-0.3, -0.25) is 14.9 Å². The predicted octanol–water partition coefficient (Wildman–Crippen LogP) is 3.53. The van der Waals surface area contributed by atoms with Crippen molar-refractivity contribution in [3.05, 3.63) is 53.3 Å². The number of hydrogen-bond acceptors (Lipinski definition) is 5. The lowest BCUT2D eigenvalue weighted by Gasteiger charge is -2.08. The molecule has 3 aromatic heterocycles. The summed E-state index contributed by atoms with van der Waals surface area (Å²) in [6.07, 6.45) is -2.16. The monoisotopic (exact) mass is 379 g/mol. The lowest BCUT2D eigenvalue weighted by Crippen LogP contribution is -2.26. The second-order valence-electron chi connectivity index (χ2n) is 5.86. The molecule has 0 radical (unpaired) electrons. The molecule has 0 spiro atoms. The van der Waals surface area contributed by atoms with E-state index in [1.165, 1.54) is 0 Å². The number of aryl methyl sites for hydroxylation is 1. The number of amides is 1. The molecule has 1 atom stereocenters. The first-order valence-electron chi connectivity index (χ1n) is 8.13. The zero-order valence-electron chi connectivity index (χ0n) is 14.5. The maximum Gasteiger partial charge on any atom is 0.432 e. The van der Waals surface area contributed by atoms with Gasteiger partial charge >= 0.3 is 6.18 Å². The number of pyridine rings is 1. The number of carbonyl (C=O) groups excluding carboxylic acids is 1. The lowest BCUT2D eigenvalue weighted by atomic mass is 10.1. The maximum atomic E-state index is 12.6. The van der Waals surface area contributed by atoms with Gasteiger partial charge < -0.3 is 9.84 Å². The van der Waals surface area contributed by atoms with Crippen molar-refractivity contribution in [3.63, 3.8) is 0 Å². The first-order valence-corrected chi connectivity index (χ1v) is 8.13. The molecule has 0 aliphatic carbocycles. The van der Waals surface area contributed by atoms with Gasteiger partial charge in [0, 0.05) is 29.6 Å². The van der Waals surface area contributed by atoms with Crippen LogP contribution < -0.4 is 5.32 Å². The molecule has 0 aromatic carbocycles. The summed E-state index contributed by atoms with van der Waals surface area (Å²) < 4.78 is 43.0.